The minimum absolute atomic E-state index is 0.305. The molecule has 0 radical (unpaired) electrons. The zero-order chi connectivity index (χ0) is 14.3. The summed E-state index contributed by atoms with van der Waals surface area (Å²) >= 11 is 0. The van der Waals surface area contributed by atoms with E-state index in [0.29, 0.717) is 6.42 Å². The first-order valence-corrected chi connectivity index (χ1v) is 6.46. The average Bonchev–Trinajstić information content (AvgIpc) is 2.51. The number of nitriles is 1. The molecule has 2 heterocycles. The smallest absolute Gasteiger partial charge is 0.398 e. The second-order valence-corrected chi connectivity index (χ2v) is 5.92. The van der Waals surface area contributed by atoms with E-state index < -0.39 is 7.12 Å². The van der Waals surface area contributed by atoms with Crippen molar-refractivity contribution in [1.82, 2.24) is 4.98 Å². The number of hydrogen-bond donors (Lipinski definition) is 0. The highest BCUT2D eigenvalue weighted by molar-refractivity contribution is 6.61. The van der Waals surface area contributed by atoms with Gasteiger partial charge < -0.3 is 9.31 Å². The molecule has 0 bridgehead atoms. The van der Waals surface area contributed by atoms with Crippen LogP contribution in [0.3, 0.4) is 0 Å². The highest BCUT2D eigenvalue weighted by atomic mass is 16.7. The molecule has 0 aliphatic carbocycles. The van der Waals surface area contributed by atoms with Gasteiger partial charge in [-0.15, -0.1) is 0 Å². The normalized spacial score (nSPS) is 20.3. The van der Waals surface area contributed by atoms with Crippen molar-refractivity contribution in [3.05, 3.63) is 23.4 Å². The van der Waals surface area contributed by atoms with Gasteiger partial charge >= 0.3 is 7.12 Å². The van der Waals surface area contributed by atoms with Gasteiger partial charge in [0.15, 0.2) is 0 Å². The maximum atomic E-state index is 8.81. The van der Waals surface area contributed by atoms with Crippen LogP contribution in [0, 0.1) is 18.3 Å². The fourth-order valence-corrected chi connectivity index (χ4v) is 1.94. The van der Waals surface area contributed by atoms with Gasteiger partial charge in [-0.2, -0.15) is 5.26 Å². The summed E-state index contributed by atoms with van der Waals surface area (Å²) in [5.41, 5.74) is 1.78. The summed E-state index contributed by atoms with van der Waals surface area (Å²) in [7, 11) is -0.469. The van der Waals surface area contributed by atoms with Crippen molar-refractivity contribution < 1.29 is 9.31 Å². The molecule has 2 rings (SSSR count). The molecule has 1 aromatic heterocycles. The van der Waals surface area contributed by atoms with Crippen LogP contribution >= 0.6 is 0 Å². The van der Waals surface area contributed by atoms with Gasteiger partial charge in [-0.1, -0.05) is 6.07 Å². The Morgan fingerprint density at radius 3 is 2.32 bits per heavy atom. The Balaban J connectivity index is 2.30. The lowest BCUT2D eigenvalue weighted by molar-refractivity contribution is 0.00578. The zero-order valence-corrected chi connectivity index (χ0v) is 12.2. The molecule has 1 fully saturated rings. The standard InChI is InChI=1S/C14H19BN2O2/c1-10-6-7-12(17-11(10)8-9-16)15-18-13(2,3)14(4,5)19-15/h6-7H,8H2,1-5H3. The molecule has 19 heavy (non-hydrogen) atoms. The summed E-state index contributed by atoms with van der Waals surface area (Å²) in [4.78, 5) is 4.50. The van der Waals surface area contributed by atoms with E-state index in [1.807, 2.05) is 46.8 Å². The topological polar surface area (TPSA) is 55.1 Å². The third-order valence-corrected chi connectivity index (χ3v) is 3.96. The Morgan fingerprint density at radius 2 is 1.79 bits per heavy atom. The van der Waals surface area contributed by atoms with Crippen molar-refractivity contribution >= 4 is 12.7 Å². The van der Waals surface area contributed by atoms with E-state index in [1.54, 1.807) is 0 Å². The minimum atomic E-state index is -0.469. The predicted molar refractivity (Wildman–Crippen MR) is 74.0 cm³/mol. The first-order valence-electron chi connectivity index (χ1n) is 6.46. The highest BCUT2D eigenvalue weighted by Crippen LogP contribution is 2.36. The monoisotopic (exact) mass is 258 g/mol. The average molecular weight is 258 g/mol. The number of rotatable bonds is 2. The molecular formula is C14H19BN2O2. The number of nitrogens with zero attached hydrogens (tertiary/aromatic N) is 2. The van der Waals surface area contributed by atoms with Gasteiger partial charge in [-0.3, -0.25) is 4.98 Å². The van der Waals surface area contributed by atoms with Crippen molar-refractivity contribution in [2.75, 3.05) is 0 Å². The van der Waals surface area contributed by atoms with E-state index in [2.05, 4.69) is 11.1 Å². The number of aryl methyl sites for hydroxylation is 1. The van der Waals surface area contributed by atoms with Crippen LogP contribution in [0.15, 0.2) is 12.1 Å². The minimum Gasteiger partial charge on any atom is -0.398 e. The predicted octanol–water partition coefficient (Wildman–Crippen LogP) is 1.76. The van der Waals surface area contributed by atoms with Crippen LogP contribution in [-0.2, 0) is 15.7 Å². The molecule has 0 aromatic carbocycles. The van der Waals surface area contributed by atoms with Crippen molar-refractivity contribution in [1.29, 1.82) is 5.26 Å². The van der Waals surface area contributed by atoms with E-state index >= 15 is 0 Å². The second kappa shape index (κ2) is 4.62. The van der Waals surface area contributed by atoms with Crippen LogP contribution in [0.5, 0.6) is 0 Å². The number of aromatic nitrogens is 1. The van der Waals surface area contributed by atoms with Crippen molar-refractivity contribution in [3.63, 3.8) is 0 Å². The summed E-state index contributed by atoms with van der Waals surface area (Å²) in [6, 6.07) is 5.99. The first kappa shape index (κ1) is 14.0. The van der Waals surface area contributed by atoms with Crippen LogP contribution in [0.4, 0.5) is 0 Å². The number of pyridine rings is 1. The van der Waals surface area contributed by atoms with Crippen molar-refractivity contribution in [2.24, 2.45) is 0 Å². The van der Waals surface area contributed by atoms with E-state index in [1.165, 1.54) is 0 Å². The molecule has 1 aliphatic heterocycles. The highest BCUT2D eigenvalue weighted by Gasteiger charge is 2.52. The van der Waals surface area contributed by atoms with Gasteiger partial charge in [0.05, 0.1) is 35.0 Å². The third kappa shape index (κ3) is 2.51. The number of hydrogen-bond acceptors (Lipinski definition) is 4. The summed E-state index contributed by atoms with van der Waals surface area (Å²) in [5, 5.41) is 8.81. The van der Waals surface area contributed by atoms with Gasteiger partial charge in [0.25, 0.3) is 0 Å². The van der Waals surface area contributed by atoms with Gasteiger partial charge in [-0.25, -0.2) is 0 Å². The zero-order valence-electron chi connectivity index (χ0n) is 12.2. The van der Waals surface area contributed by atoms with Crippen molar-refractivity contribution in [3.8, 4) is 6.07 Å². The molecule has 0 atom stereocenters. The van der Waals surface area contributed by atoms with Crippen LogP contribution in [0.2, 0.25) is 0 Å². The molecule has 5 heteroatoms. The van der Waals surface area contributed by atoms with Crippen LogP contribution < -0.4 is 5.59 Å². The summed E-state index contributed by atoms with van der Waals surface area (Å²) in [6.45, 7) is 10.00. The second-order valence-electron chi connectivity index (χ2n) is 5.92. The molecule has 0 saturated carbocycles. The Hall–Kier alpha value is -1.38. The fraction of sp³-hybridized carbons (Fsp3) is 0.571. The molecule has 1 saturated heterocycles. The summed E-state index contributed by atoms with van der Waals surface area (Å²) < 4.78 is 11.9. The lowest BCUT2D eigenvalue weighted by Gasteiger charge is -2.32. The molecule has 0 unspecified atom stereocenters. The van der Waals surface area contributed by atoms with Gasteiger partial charge in [0.2, 0.25) is 0 Å². The van der Waals surface area contributed by atoms with Crippen LogP contribution in [0.1, 0.15) is 39.0 Å². The fourth-order valence-electron chi connectivity index (χ4n) is 1.94. The van der Waals surface area contributed by atoms with E-state index in [-0.39, 0.29) is 11.2 Å². The van der Waals surface area contributed by atoms with Gasteiger partial charge in [-0.05, 0) is 46.2 Å². The Labute approximate surface area is 114 Å². The van der Waals surface area contributed by atoms with Crippen LogP contribution in [-0.4, -0.2) is 23.3 Å². The first-order chi connectivity index (χ1) is 8.77. The Bertz CT molecular complexity index is 519. The third-order valence-electron chi connectivity index (χ3n) is 3.96. The largest absolute Gasteiger partial charge is 0.514 e. The molecular weight excluding hydrogens is 239 g/mol. The molecule has 100 valence electrons. The molecule has 0 spiro atoms. The molecule has 1 aliphatic rings. The lowest BCUT2D eigenvalue weighted by Crippen LogP contribution is -2.41. The van der Waals surface area contributed by atoms with E-state index in [9.17, 15) is 0 Å². The quantitative estimate of drug-likeness (QED) is 0.758. The van der Waals surface area contributed by atoms with Gasteiger partial charge in [0, 0.05) is 0 Å². The maximum absolute atomic E-state index is 8.81. The van der Waals surface area contributed by atoms with Crippen molar-refractivity contribution in [2.45, 2.75) is 52.2 Å². The van der Waals surface area contributed by atoms with E-state index in [4.69, 9.17) is 14.6 Å². The van der Waals surface area contributed by atoms with E-state index in [0.717, 1.165) is 16.9 Å². The summed E-state index contributed by atoms with van der Waals surface area (Å²) in [6.07, 6.45) is 0.305. The molecule has 4 nitrogen and oxygen atoms in total. The molecule has 0 amide bonds. The van der Waals surface area contributed by atoms with Gasteiger partial charge in [0.1, 0.15) is 0 Å². The lowest BCUT2D eigenvalue weighted by atomic mass is 9.83. The SMILES string of the molecule is Cc1ccc(B2OC(C)(C)C(C)(C)O2)nc1CC#N. The summed E-state index contributed by atoms with van der Waals surface area (Å²) in [5.74, 6) is 0. The Kier molecular flexibility index (Phi) is 3.42. The molecule has 0 N–H and O–H groups in total. The molecule has 1 aromatic rings. The Morgan fingerprint density at radius 1 is 1.21 bits per heavy atom. The maximum Gasteiger partial charge on any atom is 0.514 e. The van der Waals surface area contributed by atoms with Crippen LogP contribution in [0.25, 0.3) is 0 Å².